The highest BCUT2D eigenvalue weighted by Gasteiger charge is 2.08. The van der Waals surface area contributed by atoms with E-state index in [9.17, 15) is 0 Å². The zero-order valence-corrected chi connectivity index (χ0v) is 11.7. The van der Waals surface area contributed by atoms with Crippen LogP contribution in [0.5, 0.6) is 0 Å². The van der Waals surface area contributed by atoms with Gasteiger partial charge in [0.05, 0.1) is 12.7 Å². The highest BCUT2D eigenvalue weighted by Crippen LogP contribution is 2.27. The van der Waals surface area contributed by atoms with E-state index in [1.165, 1.54) is 0 Å². The molecule has 0 aliphatic heterocycles. The number of nitrogens with one attached hydrogen (secondary N) is 1. The fourth-order valence-electron chi connectivity index (χ4n) is 1.51. The predicted octanol–water partition coefficient (Wildman–Crippen LogP) is 4.15. The van der Waals surface area contributed by atoms with Crippen LogP contribution in [0.3, 0.4) is 0 Å². The molecule has 0 fully saturated rings. The molecule has 0 saturated carbocycles. The normalized spacial score (nSPS) is 11.2. The fraction of sp³-hybridized carbons (Fsp3) is 0.308. The van der Waals surface area contributed by atoms with Gasteiger partial charge in [-0.1, -0.05) is 37.0 Å². The Morgan fingerprint density at radius 2 is 1.89 bits per heavy atom. The van der Waals surface area contributed by atoms with Gasteiger partial charge in [-0.3, -0.25) is 0 Å². The van der Waals surface area contributed by atoms with Gasteiger partial charge in [0.15, 0.2) is 5.76 Å². The highest BCUT2D eigenvalue weighted by molar-refractivity contribution is 6.35. The first-order chi connectivity index (χ1) is 8.54. The van der Waals surface area contributed by atoms with Crippen molar-refractivity contribution in [2.24, 2.45) is 0 Å². The zero-order chi connectivity index (χ0) is 13.1. The molecule has 0 amide bonds. The largest absolute Gasteiger partial charge is 0.439 e. The van der Waals surface area contributed by atoms with Crippen LogP contribution in [0.2, 0.25) is 10.0 Å². The summed E-state index contributed by atoms with van der Waals surface area (Å²) in [6.45, 7) is 4.74. The second-order valence-corrected chi connectivity index (χ2v) is 5.18. The lowest BCUT2D eigenvalue weighted by molar-refractivity contribution is 0.459. The van der Waals surface area contributed by atoms with Gasteiger partial charge in [0.25, 0.3) is 0 Å². The Hall–Kier alpha value is -1.03. The smallest absolute Gasteiger partial charge is 0.208 e. The molecule has 0 unspecified atom stereocenters. The SMILES string of the molecule is CC(C)NCc1ncc(-c2cc(Cl)cc(Cl)c2)o1. The van der Waals surface area contributed by atoms with Gasteiger partial charge in [0.1, 0.15) is 0 Å². The molecule has 1 N–H and O–H groups in total. The van der Waals surface area contributed by atoms with Crippen LogP contribution >= 0.6 is 23.2 Å². The van der Waals surface area contributed by atoms with Crippen LogP contribution in [-0.4, -0.2) is 11.0 Å². The van der Waals surface area contributed by atoms with Crippen molar-refractivity contribution in [1.29, 1.82) is 0 Å². The second kappa shape index (κ2) is 5.74. The topological polar surface area (TPSA) is 38.1 Å². The Morgan fingerprint density at radius 3 is 2.50 bits per heavy atom. The minimum Gasteiger partial charge on any atom is -0.439 e. The van der Waals surface area contributed by atoms with Crippen molar-refractivity contribution in [3.8, 4) is 11.3 Å². The summed E-state index contributed by atoms with van der Waals surface area (Å²) in [5.41, 5.74) is 0.829. The maximum Gasteiger partial charge on any atom is 0.208 e. The number of nitrogens with zero attached hydrogens (tertiary/aromatic N) is 1. The summed E-state index contributed by atoms with van der Waals surface area (Å²) < 4.78 is 5.64. The number of halogens is 2. The van der Waals surface area contributed by atoms with Crippen LogP contribution < -0.4 is 5.32 Å². The molecule has 0 bridgehead atoms. The first-order valence-corrected chi connectivity index (χ1v) is 6.45. The minimum absolute atomic E-state index is 0.390. The van der Waals surface area contributed by atoms with E-state index >= 15 is 0 Å². The van der Waals surface area contributed by atoms with Crippen LogP contribution in [0.15, 0.2) is 28.8 Å². The lowest BCUT2D eigenvalue weighted by Crippen LogP contribution is -2.21. The van der Waals surface area contributed by atoms with E-state index < -0.39 is 0 Å². The molecule has 0 aliphatic rings. The molecule has 2 aromatic rings. The standard InChI is InChI=1S/C13H14Cl2N2O/c1-8(2)16-7-13-17-6-12(18-13)9-3-10(14)5-11(15)4-9/h3-6,8,16H,7H2,1-2H3. The first kappa shape index (κ1) is 13.4. The maximum absolute atomic E-state index is 5.95. The summed E-state index contributed by atoms with van der Waals surface area (Å²) >= 11 is 11.9. The Labute approximate surface area is 116 Å². The van der Waals surface area contributed by atoms with Crippen LogP contribution in [0.25, 0.3) is 11.3 Å². The van der Waals surface area contributed by atoms with Crippen molar-refractivity contribution >= 4 is 23.2 Å². The number of aromatic nitrogens is 1. The summed E-state index contributed by atoms with van der Waals surface area (Å²) in [6.07, 6.45) is 1.68. The molecule has 1 aromatic heterocycles. The molecular weight excluding hydrogens is 271 g/mol. The molecule has 0 radical (unpaired) electrons. The van der Waals surface area contributed by atoms with Crippen LogP contribution in [0.1, 0.15) is 19.7 Å². The minimum atomic E-state index is 0.390. The molecule has 1 aromatic carbocycles. The van der Waals surface area contributed by atoms with Crippen molar-refractivity contribution in [2.75, 3.05) is 0 Å². The molecule has 1 heterocycles. The van der Waals surface area contributed by atoms with Gasteiger partial charge in [-0.05, 0) is 18.2 Å². The van der Waals surface area contributed by atoms with Crippen LogP contribution in [0.4, 0.5) is 0 Å². The Bertz CT molecular complexity index is 517. The number of oxazole rings is 1. The van der Waals surface area contributed by atoms with E-state index in [0.717, 1.165) is 5.56 Å². The van der Waals surface area contributed by atoms with Crippen molar-refractivity contribution in [3.63, 3.8) is 0 Å². The van der Waals surface area contributed by atoms with Crippen molar-refractivity contribution in [1.82, 2.24) is 10.3 Å². The van der Waals surface area contributed by atoms with Gasteiger partial charge < -0.3 is 9.73 Å². The number of hydrogen-bond donors (Lipinski definition) is 1. The first-order valence-electron chi connectivity index (χ1n) is 5.69. The molecule has 0 atom stereocenters. The molecule has 96 valence electrons. The van der Waals surface area contributed by atoms with E-state index in [0.29, 0.717) is 34.3 Å². The third kappa shape index (κ3) is 3.48. The summed E-state index contributed by atoms with van der Waals surface area (Å²) in [5, 5.41) is 4.40. The molecule has 0 spiro atoms. The molecule has 5 heteroatoms. The van der Waals surface area contributed by atoms with Gasteiger partial charge in [0, 0.05) is 21.7 Å². The van der Waals surface area contributed by atoms with E-state index in [1.807, 2.05) is 0 Å². The predicted molar refractivity (Wildman–Crippen MR) is 73.9 cm³/mol. The number of hydrogen-bond acceptors (Lipinski definition) is 3. The summed E-state index contributed by atoms with van der Waals surface area (Å²) in [7, 11) is 0. The average molecular weight is 285 g/mol. The molecule has 0 aliphatic carbocycles. The van der Waals surface area contributed by atoms with Crippen LogP contribution in [0, 0.1) is 0 Å². The van der Waals surface area contributed by atoms with Crippen molar-refractivity contribution in [3.05, 3.63) is 40.3 Å². The maximum atomic E-state index is 5.95. The van der Waals surface area contributed by atoms with Gasteiger partial charge in [-0.2, -0.15) is 0 Å². The lowest BCUT2D eigenvalue weighted by atomic mass is 10.2. The number of rotatable bonds is 4. The third-order valence-electron chi connectivity index (χ3n) is 2.36. The van der Waals surface area contributed by atoms with Gasteiger partial charge in [0.2, 0.25) is 5.89 Å². The quantitative estimate of drug-likeness (QED) is 0.917. The van der Waals surface area contributed by atoms with Gasteiger partial charge in [-0.15, -0.1) is 0 Å². The molecule has 0 saturated heterocycles. The average Bonchev–Trinajstić information content (AvgIpc) is 2.73. The molecule has 18 heavy (non-hydrogen) atoms. The Morgan fingerprint density at radius 1 is 1.22 bits per heavy atom. The molecular formula is C13H14Cl2N2O. The summed E-state index contributed by atoms with van der Waals surface area (Å²) in [5.74, 6) is 1.31. The van der Waals surface area contributed by atoms with Crippen LogP contribution in [-0.2, 0) is 6.54 Å². The third-order valence-corrected chi connectivity index (χ3v) is 2.80. The lowest BCUT2D eigenvalue weighted by Gasteiger charge is -2.04. The Balaban J connectivity index is 2.18. The highest BCUT2D eigenvalue weighted by atomic mass is 35.5. The van der Waals surface area contributed by atoms with Gasteiger partial charge in [-0.25, -0.2) is 4.98 Å². The van der Waals surface area contributed by atoms with Crippen molar-refractivity contribution < 1.29 is 4.42 Å². The Kier molecular flexibility index (Phi) is 4.27. The van der Waals surface area contributed by atoms with E-state index in [2.05, 4.69) is 24.1 Å². The monoisotopic (exact) mass is 284 g/mol. The number of benzene rings is 1. The van der Waals surface area contributed by atoms with E-state index in [4.69, 9.17) is 27.6 Å². The van der Waals surface area contributed by atoms with Gasteiger partial charge >= 0.3 is 0 Å². The van der Waals surface area contributed by atoms with E-state index in [1.54, 1.807) is 24.4 Å². The molecule has 3 nitrogen and oxygen atoms in total. The van der Waals surface area contributed by atoms with Crippen molar-refractivity contribution in [2.45, 2.75) is 26.4 Å². The summed E-state index contributed by atoms with van der Waals surface area (Å²) in [4.78, 5) is 4.21. The second-order valence-electron chi connectivity index (χ2n) is 4.31. The fourth-order valence-corrected chi connectivity index (χ4v) is 2.04. The van der Waals surface area contributed by atoms with E-state index in [-0.39, 0.29) is 0 Å². The zero-order valence-electron chi connectivity index (χ0n) is 10.2. The molecule has 2 rings (SSSR count). The summed E-state index contributed by atoms with van der Waals surface area (Å²) in [6, 6.07) is 5.67.